The number of amides is 1. The summed E-state index contributed by atoms with van der Waals surface area (Å²) in [5.41, 5.74) is 0.487. The minimum Gasteiger partial charge on any atom is -0.501 e. The first-order valence-electron chi connectivity index (χ1n) is 6.46. The predicted octanol–water partition coefficient (Wildman–Crippen LogP) is 2.53. The van der Waals surface area contributed by atoms with Gasteiger partial charge in [-0.25, -0.2) is 0 Å². The number of carbonyl (C=O) groups excluding carboxylic acids is 2. The van der Waals surface area contributed by atoms with Crippen molar-refractivity contribution in [3.05, 3.63) is 36.1 Å². The van der Waals surface area contributed by atoms with Gasteiger partial charge in [0.25, 0.3) is 5.91 Å². The average Bonchev–Trinajstić information content (AvgIpc) is 2.41. The van der Waals surface area contributed by atoms with Crippen molar-refractivity contribution >= 4 is 17.4 Å². The number of carbonyl (C=O) groups is 2. The fourth-order valence-electron chi connectivity index (χ4n) is 1.50. The van der Waals surface area contributed by atoms with Crippen molar-refractivity contribution in [1.29, 1.82) is 0 Å². The number of anilines is 1. The van der Waals surface area contributed by atoms with Crippen LogP contribution in [0.4, 0.5) is 5.69 Å². The molecule has 0 radical (unpaired) electrons. The van der Waals surface area contributed by atoms with Gasteiger partial charge in [0.2, 0.25) is 0 Å². The molecule has 20 heavy (non-hydrogen) atoms. The van der Waals surface area contributed by atoms with E-state index in [4.69, 9.17) is 9.47 Å². The van der Waals surface area contributed by atoms with Crippen LogP contribution in [0.5, 0.6) is 5.75 Å². The van der Waals surface area contributed by atoms with Gasteiger partial charge in [0.05, 0.1) is 25.2 Å². The lowest BCUT2D eigenvalue weighted by Crippen LogP contribution is -2.20. The van der Waals surface area contributed by atoms with E-state index in [1.807, 2.05) is 13.0 Å². The molecule has 1 N–H and O–H groups in total. The van der Waals surface area contributed by atoms with Crippen LogP contribution in [0.2, 0.25) is 0 Å². The highest BCUT2D eigenvalue weighted by molar-refractivity contribution is 6.22. The largest absolute Gasteiger partial charge is 0.501 e. The summed E-state index contributed by atoms with van der Waals surface area (Å²) in [7, 11) is 0. The molecule has 1 aromatic carbocycles. The number of ether oxygens (including phenoxy) is 2. The Bertz CT molecular complexity index is 508. The smallest absolute Gasteiger partial charge is 0.262 e. The second-order valence-corrected chi connectivity index (χ2v) is 3.93. The van der Waals surface area contributed by atoms with Crippen molar-refractivity contribution in [2.75, 3.05) is 18.5 Å². The van der Waals surface area contributed by atoms with Gasteiger partial charge in [-0.15, -0.1) is 0 Å². The SMILES string of the molecule is CCOC=C(C(C)=O)C(=O)Nc1ccccc1OCC. The Kier molecular flexibility index (Phi) is 6.29. The molecule has 0 heterocycles. The minimum absolute atomic E-state index is 0.0295. The van der Waals surface area contributed by atoms with Crippen LogP contribution in [0.3, 0.4) is 0 Å². The van der Waals surface area contributed by atoms with E-state index in [0.717, 1.165) is 0 Å². The van der Waals surface area contributed by atoms with Crippen molar-refractivity contribution in [2.24, 2.45) is 0 Å². The molecule has 0 atom stereocenters. The minimum atomic E-state index is -0.516. The Morgan fingerprint density at radius 1 is 1.20 bits per heavy atom. The summed E-state index contributed by atoms with van der Waals surface area (Å²) < 4.78 is 10.4. The van der Waals surface area contributed by atoms with Crippen molar-refractivity contribution in [1.82, 2.24) is 0 Å². The van der Waals surface area contributed by atoms with Crippen LogP contribution in [0, 0.1) is 0 Å². The fourth-order valence-corrected chi connectivity index (χ4v) is 1.50. The zero-order chi connectivity index (χ0) is 15.0. The first-order chi connectivity index (χ1) is 9.60. The number of rotatable bonds is 7. The number of hydrogen-bond donors (Lipinski definition) is 1. The molecule has 0 spiro atoms. The van der Waals surface area contributed by atoms with Crippen LogP contribution in [-0.2, 0) is 14.3 Å². The molecule has 0 aliphatic heterocycles. The Labute approximate surface area is 118 Å². The summed E-state index contributed by atoms with van der Waals surface area (Å²) in [5, 5.41) is 2.65. The third kappa shape index (κ3) is 4.42. The first kappa shape index (κ1) is 15.8. The molecule has 1 aromatic rings. The van der Waals surface area contributed by atoms with Crippen LogP contribution in [-0.4, -0.2) is 24.9 Å². The molecule has 0 saturated heterocycles. The first-order valence-corrected chi connectivity index (χ1v) is 6.46. The van der Waals surface area contributed by atoms with Gasteiger partial charge >= 0.3 is 0 Å². The summed E-state index contributed by atoms with van der Waals surface area (Å²) >= 11 is 0. The predicted molar refractivity (Wildman–Crippen MR) is 76.6 cm³/mol. The van der Waals surface area contributed by atoms with Gasteiger partial charge < -0.3 is 14.8 Å². The third-order valence-corrected chi connectivity index (χ3v) is 2.43. The normalized spacial score (nSPS) is 10.8. The van der Waals surface area contributed by atoms with E-state index in [9.17, 15) is 9.59 Å². The zero-order valence-electron chi connectivity index (χ0n) is 11.9. The van der Waals surface area contributed by atoms with Crippen LogP contribution in [0.25, 0.3) is 0 Å². The lowest BCUT2D eigenvalue weighted by Gasteiger charge is -2.11. The fraction of sp³-hybridized carbons (Fsp3) is 0.333. The number of hydrogen-bond acceptors (Lipinski definition) is 4. The number of Topliss-reactive ketones (excluding diaryl/α,β-unsaturated/α-hetero) is 1. The molecule has 1 rings (SSSR count). The van der Waals surface area contributed by atoms with E-state index >= 15 is 0 Å². The lowest BCUT2D eigenvalue weighted by atomic mass is 10.2. The summed E-state index contributed by atoms with van der Waals surface area (Å²) in [6, 6.07) is 7.04. The van der Waals surface area contributed by atoms with Crippen LogP contribution < -0.4 is 10.1 Å². The second-order valence-electron chi connectivity index (χ2n) is 3.93. The molecule has 5 heteroatoms. The number of para-hydroxylation sites is 2. The topological polar surface area (TPSA) is 64.6 Å². The zero-order valence-corrected chi connectivity index (χ0v) is 11.9. The van der Waals surface area contributed by atoms with Gasteiger partial charge in [0.1, 0.15) is 11.3 Å². The molecule has 0 fully saturated rings. The average molecular weight is 277 g/mol. The van der Waals surface area contributed by atoms with E-state index < -0.39 is 5.91 Å². The molecule has 0 saturated carbocycles. The monoisotopic (exact) mass is 277 g/mol. The number of ketones is 1. The van der Waals surface area contributed by atoms with Crippen LogP contribution in [0.15, 0.2) is 36.1 Å². The molecule has 108 valence electrons. The molecule has 1 amide bonds. The van der Waals surface area contributed by atoms with Crippen molar-refractivity contribution in [3.8, 4) is 5.75 Å². The Morgan fingerprint density at radius 2 is 1.90 bits per heavy atom. The molecule has 5 nitrogen and oxygen atoms in total. The molecule has 0 unspecified atom stereocenters. The number of benzene rings is 1. The third-order valence-electron chi connectivity index (χ3n) is 2.43. The van der Waals surface area contributed by atoms with E-state index in [0.29, 0.717) is 24.7 Å². The quantitative estimate of drug-likeness (QED) is 0.360. The van der Waals surface area contributed by atoms with Gasteiger partial charge in [0, 0.05) is 0 Å². The van der Waals surface area contributed by atoms with Crippen molar-refractivity contribution in [3.63, 3.8) is 0 Å². The molecule has 0 aliphatic rings. The Morgan fingerprint density at radius 3 is 2.50 bits per heavy atom. The maximum absolute atomic E-state index is 12.1. The van der Waals surface area contributed by atoms with E-state index in [2.05, 4.69) is 5.32 Å². The van der Waals surface area contributed by atoms with Gasteiger partial charge in [-0.2, -0.15) is 0 Å². The summed E-state index contributed by atoms with van der Waals surface area (Å²) in [6.45, 7) is 5.82. The summed E-state index contributed by atoms with van der Waals surface area (Å²) in [6.07, 6.45) is 1.18. The van der Waals surface area contributed by atoms with Crippen LogP contribution in [0.1, 0.15) is 20.8 Å². The van der Waals surface area contributed by atoms with Gasteiger partial charge in [-0.3, -0.25) is 9.59 Å². The van der Waals surface area contributed by atoms with Gasteiger partial charge in [0.15, 0.2) is 5.78 Å². The highest BCUT2D eigenvalue weighted by Crippen LogP contribution is 2.24. The van der Waals surface area contributed by atoms with Crippen LogP contribution >= 0.6 is 0 Å². The van der Waals surface area contributed by atoms with E-state index in [1.165, 1.54) is 13.2 Å². The molecule has 0 aromatic heterocycles. The molecule has 0 bridgehead atoms. The van der Waals surface area contributed by atoms with Gasteiger partial charge in [-0.1, -0.05) is 12.1 Å². The molecule has 0 aliphatic carbocycles. The maximum Gasteiger partial charge on any atom is 0.262 e. The standard InChI is InChI=1S/C15H19NO4/c1-4-19-10-12(11(3)17)15(18)16-13-8-6-7-9-14(13)20-5-2/h6-10H,4-5H2,1-3H3,(H,16,18). The molecular weight excluding hydrogens is 258 g/mol. The van der Waals surface area contributed by atoms with E-state index in [1.54, 1.807) is 25.1 Å². The summed E-state index contributed by atoms with van der Waals surface area (Å²) in [5.74, 6) is -0.314. The second kappa shape index (κ2) is 7.99. The Hall–Kier alpha value is -2.30. The van der Waals surface area contributed by atoms with Gasteiger partial charge in [-0.05, 0) is 32.9 Å². The summed E-state index contributed by atoms with van der Waals surface area (Å²) in [4.78, 5) is 23.5. The highest BCUT2D eigenvalue weighted by Gasteiger charge is 2.16. The highest BCUT2D eigenvalue weighted by atomic mass is 16.5. The maximum atomic E-state index is 12.1. The lowest BCUT2D eigenvalue weighted by molar-refractivity contribution is -0.119. The number of nitrogens with one attached hydrogen (secondary N) is 1. The Balaban J connectivity index is 2.91. The van der Waals surface area contributed by atoms with E-state index in [-0.39, 0.29) is 11.4 Å². The van der Waals surface area contributed by atoms with Crippen molar-refractivity contribution in [2.45, 2.75) is 20.8 Å². The van der Waals surface area contributed by atoms with Crippen molar-refractivity contribution < 1.29 is 19.1 Å². The molecular formula is C15H19NO4.